The summed E-state index contributed by atoms with van der Waals surface area (Å²) >= 11 is 1.64. The Bertz CT molecular complexity index is 559. The van der Waals surface area contributed by atoms with Crippen molar-refractivity contribution in [2.24, 2.45) is 5.73 Å². The van der Waals surface area contributed by atoms with Gasteiger partial charge in [0.25, 0.3) is 0 Å². The van der Waals surface area contributed by atoms with Crippen LogP contribution in [0.2, 0.25) is 0 Å². The predicted molar refractivity (Wildman–Crippen MR) is 80.8 cm³/mol. The number of rotatable bonds is 8. The predicted octanol–water partition coefficient (Wildman–Crippen LogP) is 2.46. The van der Waals surface area contributed by atoms with Crippen molar-refractivity contribution in [3.8, 4) is 5.75 Å². The summed E-state index contributed by atoms with van der Waals surface area (Å²) in [6, 6.07) is 6.04. The van der Waals surface area contributed by atoms with Crippen LogP contribution < -0.4 is 10.5 Å². The second kappa shape index (κ2) is 7.99. The molecule has 0 aliphatic heterocycles. The Morgan fingerprint density at radius 1 is 1.29 bits per heavy atom. The van der Waals surface area contributed by atoms with Crippen LogP contribution in [0, 0.1) is 5.82 Å². The maximum atomic E-state index is 12.7. The lowest BCUT2D eigenvalue weighted by Crippen LogP contribution is -2.08. The Kier molecular flexibility index (Phi) is 6.01. The normalized spacial score (nSPS) is 10.8. The Labute approximate surface area is 127 Å². The number of ether oxygens (including phenoxy) is 1. The van der Waals surface area contributed by atoms with Gasteiger partial charge in [0.1, 0.15) is 17.4 Å². The minimum absolute atomic E-state index is 0.257. The lowest BCUT2D eigenvalue weighted by atomic mass is 10.3. The first-order valence-electron chi connectivity index (χ1n) is 6.88. The van der Waals surface area contributed by atoms with Gasteiger partial charge in [-0.1, -0.05) is 11.8 Å². The lowest BCUT2D eigenvalue weighted by molar-refractivity contribution is 0.318. The van der Waals surface area contributed by atoms with Crippen LogP contribution >= 0.6 is 11.8 Å². The van der Waals surface area contributed by atoms with E-state index in [2.05, 4.69) is 10.2 Å². The topological polar surface area (TPSA) is 66.0 Å². The largest absolute Gasteiger partial charge is 0.494 e. The average molecular weight is 310 g/mol. The van der Waals surface area contributed by atoms with Crippen molar-refractivity contribution >= 4 is 11.8 Å². The maximum absolute atomic E-state index is 12.7. The fourth-order valence-electron chi connectivity index (χ4n) is 1.84. The van der Waals surface area contributed by atoms with E-state index in [0.29, 0.717) is 18.9 Å². The van der Waals surface area contributed by atoms with Crippen LogP contribution in [0.1, 0.15) is 19.2 Å². The van der Waals surface area contributed by atoms with Gasteiger partial charge in [0.2, 0.25) is 0 Å². The number of benzene rings is 1. The van der Waals surface area contributed by atoms with E-state index in [0.717, 1.165) is 29.7 Å². The second-order valence-corrected chi connectivity index (χ2v) is 5.41. The van der Waals surface area contributed by atoms with E-state index >= 15 is 0 Å². The summed E-state index contributed by atoms with van der Waals surface area (Å²) < 4.78 is 20.3. The highest BCUT2D eigenvalue weighted by atomic mass is 32.2. The molecular weight excluding hydrogens is 291 g/mol. The van der Waals surface area contributed by atoms with E-state index in [9.17, 15) is 4.39 Å². The smallest absolute Gasteiger partial charge is 0.191 e. The standard InChI is InChI=1S/C14H19FN4OS/c1-2-19-13(10-16)17-18-14(19)21-9-3-8-20-12-6-4-11(15)5-7-12/h4-7H,2-3,8-10,16H2,1H3. The molecule has 2 rings (SSSR count). The van der Waals surface area contributed by atoms with Gasteiger partial charge in [0.15, 0.2) is 5.16 Å². The molecule has 2 aromatic rings. The van der Waals surface area contributed by atoms with Crippen LogP contribution in [0.3, 0.4) is 0 Å². The Hall–Kier alpha value is -1.60. The van der Waals surface area contributed by atoms with E-state index in [-0.39, 0.29) is 5.82 Å². The number of nitrogens with two attached hydrogens (primary N) is 1. The quantitative estimate of drug-likeness (QED) is 0.599. The van der Waals surface area contributed by atoms with Crippen LogP contribution in [0.5, 0.6) is 5.75 Å². The fourth-order valence-corrected chi connectivity index (χ4v) is 2.77. The Morgan fingerprint density at radius 2 is 2.05 bits per heavy atom. The summed E-state index contributed by atoms with van der Waals surface area (Å²) in [6.07, 6.45) is 0.872. The monoisotopic (exact) mass is 310 g/mol. The average Bonchev–Trinajstić information content (AvgIpc) is 2.90. The van der Waals surface area contributed by atoms with Crippen molar-refractivity contribution in [2.75, 3.05) is 12.4 Å². The van der Waals surface area contributed by atoms with Crippen LogP contribution in [-0.2, 0) is 13.1 Å². The van der Waals surface area contributed by atoms with Crippen molar-refractivity contribution in [1.82, 2.24) is 14.8 Å². The van der Waals surface area contributed by atoms with Crippen LogP contribution in [0.15, 0.2) is 29.4 Å². The molecule has 1 aromatic heterocycles. The summed E-state index contributed by atoms with van der Waals surface area (Å²) in [6.45, 7) is 3.84. The first kappa shape index (κ1) is 15.8. The Morgan fingerprint density at radius 3 is 2.71 bits per heavy atom. The van der Waals surface area contributed by atoms with Gasteiger partial charge in [0.05, 0.1) is 13.2 Å². The lowest BCUT2D eigenvalue weighted by Gasteiger charge is -2.07. The molecule has 0 spiro atoms. The molecule has 0 bridgehead atoms. The molecular formula is C14H19FN4OS. The molecule has 0 aliphatic rings. The molecule has 0 atom stereocenters. The molecule has 114 valence electrons. The van der Waals surface area contributed by atoms with Crippen LogP contribution in [0.25, 0.3) is 0 Å². The third-order valence-corrected chi connectivity index (χ3v) is 3.95. The fraction of sp³-hybridized carbons (Fsp3) is 0.429. The highest BCUT2D eigenvalue weighted by Crippen LogP contribution is 2.18. The summed E-state index contributed by atoms with van der Waals surface area (Å²) in [4.78, 5) is 0. The van der Waals surface area contributed by atoms with Crippen molar-refractivity contribution < 1.29 is 9.13 Å². The third-order valence-electron chi connectivity index (χ3n) is 2.89. The number of halogens is 1. The molecule has 7 heteroatoms. The van der Waals surface area contributed by atoms with Crippen molar-refractivity contribution in [3.05, 3.63) is 35.9 Å². The van der Waals surface area contributed by atoms with Gasteiger partial charge >= 0.3 is 0 Å². The van der Waals surface area contributed by atoms with E-state index in [1.165, 1.54) is 12.1 Å². The molecule has 0 amide bonds. The molecule has 5 nitrogen and oxygen atoms in total. The Balaban J connectivity index is 1.72. The van der Waals surface area contributed by atoms with Gasteiger partial charge < -0.3 is 15.0 Å². The molecule has 0 saturated carbocycles. The van der Waals surface area contributed by atoms with Crippen molar-refractivity contribution in [2.45, 2.75) is 31.6 Å². The molecule has 1 aromatic carbocycles. The number of nitrogens with zero attached hydrogens (tertiary/aromatic N) is 3. The van der Waals surface area contributed by atoms with E-state index < -0.39 is 0 Å². The zero-order valence-corrected chi connectivity index (χ0v) is 12.8. The van der Waals surface area contributed by atoms with Crippen LogP contribution in [0.4, 0.5) is 4.39 Å². The highest BCUT2D eigenvalue weighted by molar-refractivity contribution is 7.99. The van der Waals surface area contributed by atoms with Crippen LogP contribution in [-0.4, -0.2) is 27.1 Å². The van der Waals surface area contributed by atoms with Gasteiger partial charge in [-0.15, -0.1) is 10.2 Å². The summed E-state index contributed by atoms with van der Waals surface area (Å²) in [5.74, 6) is 2.11. The van der Waals surface area contributed by atoms with E-state index in [1.54, 1.807) is 23.9 Å². The van der Waals surface area contributed by atoms with Gasteiger partial charge in [-0.05, 0) is 37.6 Å². The number of hydrogen-bond donors (Lipinski definition) is 1. The zero-order valence-electron chi connectivity index (χ0n) is 12.0. The molecule has 0 fully saturated rings. The molecule has 0 radical (unpaired) electrons. The summed E-state index contributed by atoms with van der Waals surface area (Å²) in [5.41, 5.74) is 5.61. The molecule has 0 unspecified atom stereocenters. The minimum Gasteiger partial charge on any atom is -0.494 e. The summed E-state index contributed by atoms with van der Waals surface area (Å²) in [7, 11) is 0. The van der Waals surface area contributed by atoms with Gasteiger partial charge in [-0.3, -0.25) is 0 Å². The van der Waals surface area contributed by atoms with Gasteiger partial charge in [-0.2, -0.15) is 0 Å². The van der Waals surface area contributed by atoms with Gasteiger partial charge in [-0.25, -0.2) is 4.39 Å². The van der Waals surface area contributed by atoms with E-state index in [1.807, 2.05) is 11.5 Å². The van der Waals surface area contributed by atoms with Crippen molar-refractivity contribution in [1.29, 1.82) is 0 Å². The summed E-state index contributed by atoms with van der Waals surface area (Å²) in [5, 5.41) is 9.09. The molecule has 21 heavy (non-hydrogen) atoms. The minimum atomic E-state index is -0.257. The molecule has 0 aliphatic carbocycles. The SMILES string of the molecule is CCn1c(CN)nnc1SCCCOc1ccc(F)cc1. The number of thioether (sulfide) groups is 1. The van der Waals surface area contributed by atoms with E-state index in [4.69, 9.17) is 10.5 Å². The zero-order chi connectivity index (χ0) is 15.1. The molecule has 2 N–H and O–H groups in total. The maximum Gasteiger partial charge on any atom is 0.191 e. The first-order valence-corrected chi connectivity index (χ1v) is 7.86. The van der Waals surface area contributed by atoms with Gasteiger partial charge in [0, 0.05) is 12.3 Å². The molecule has 0 saturated heterocycles. The second-order valence-electron chi connectivity index (χ2n) is 4.35. The number of aromatic nitrogens is 3. The molecule has 1 heterocycles. The number of hydrogen-bond acceptors (Lipinski definition) is 5. The third kappa shape index (κ3) is 4.44. The highest BCUT2D eigenvalue weighted by Gasteiger charge is 2.09. The first-order chi connectivity index (χ1) is 10.2. The van der Waals surface area contributed by atoms with Crippen molar-refractivity contribution in [3.63, 3.8) is 0 Å².